The van der Waals surface area contributed by atoms with E-state index in [4.69, 9.17) is 16.5 Å². The number of aromatic nitrogens is 3. The zero-order valence-corrected chi connectivity index (χ0v) is 11.1. The lowest BCUT2D eigenvalue weighted by Crippen LogP contribution is -2.04. The van der Waals surface area contributed by atoms with Gasteiger partial charge in [-0.05, 0) is 37.3 Å². The van der Waals surface area contributed by atoms with Crippen LogP contribution in [0.5, 0.6) is 0 Å². The lowest BCUT2D eigenvalue weighted by atomic mass is 9.95. The lowest BCUT2D eigenvalue weighted by Gasteiger charge is -2.13. The maximum absolute atomic E-state index is 5.93. The molecule has 0 amide bonds. The zero-order valence-electron chi connectivity index (χ0n) is 10.3. The summed E-state index contributed by atoms with van der Waals surface area (Å²) in [5.41, 5.74) is 15.0. The maximum Gasteiger partial charge on any atom is 0.222 e. The van der Waals surface area contributed by atoms with Gasteiger partial charge in [-0.3, -0.25) is 0 Å². The number of nitrogen functional groups attached to an aromatic ring is 2. The molecular formula is C13H13N5S. The Morgan fingerprint density at radius 2 is 1.89 bits per heavy atom. The second-order valence-corrected chi connectivity index (χ2v) is 5.90. The Hall–Kier alpha value is -1.95. The number of rotatable bonds is 0. The van der Waals surface area contributed by atoms with Crippen LogP contribution in [0.3, 0.4) is 0 Å². The average molecular weight is 271 g/mol. The van der Waals surface area contributed by atoms with E-state index in [1.807, 2.05) is 0 Å². The Morgan fingerprint density at radius 1 is 1.05 bits per heavy atom. The maximum atomic E-state index is 5.93. The molecule has 0 radical (unpaired) electrons. The molecule has 0 bridgehead atoms. The minimum Gasteiger partial charge on any atom is -0.382 e. The average Bonchev–Trinajstić information content (AvgIpc) is 2.74. The summed E-state index contributed by atoms with van der Waals surface area (Å²) in [5, 5.41) is 1.06. The number of pyridine rings is 1. The molecule has 4 N–H and O–H groups in total. The molecule has 0 unspecified atom stereocenters. The van der Waals surface area contributed by atoms with Crippen molar-refractivity contribution in [1.29, 1.82) is 0 Å². The van der Waals surface area contributed by atoms with E-state index in [-0.39, 0.29) is 5.95 Å². The van der Waals surface area contributed by atoms with E-state index in [1.54, 1.807) is 11.3 Å². The molecule has 4 rings (SSSR count). The van der Waals surface area contributed by atoms with Crippen molar-refractivity contribution in [3.05, 3.63) is 17.3 Å². The predicted molar refractivity (Wildman–Crippen MR) is 78.2 cm³/mol. The molecule has 19 heavy (non-hydrogen) atoms. The van der Waals surface area contributed by atoms with Gasteiger partial charge in [-0.1, -0.05) is 0 Å². The molecule has 1 aliphatic rings. The highest BCUT2D eigenvalue weighted by Crippen LogP contribution is 2.36. The van der Waals surface area contributed by atoms with Gasteiger partial charge in [0.25, 0.3) is 0 Å². The second kappa shape index (κ2) is 3.77. The van der Waals surface area contributed by atoms with Crippen molar-refractivity contribution in [3.63, 3.8) is 0 Å². The summed E-state index contributed by atoms with van der Waals surface area (Å²) in [6.07, 6.45) is 4.64. The number of nitrogens with zero attached hydrogens (tertiary/aromatic N) is 3. The SMILES string of the molecule is Nc1nc(N)c2sc3nc4c(cc3c2n1)CCCC4. The summed E-state index contributed by atoms with van der Waals surface area (Å²) < 4.78 is 0.888. The van der Waals surface area contributed by atoms with Crippen LogP contribution in [0.4, 0.5) is 11.8 Å². The number of fused-ring (bicyclic) bond motifs is 4. The molecule has 6 heteroatoms. The van der Waals surface area contributed by atoms with Gasteiger partial charge in [-0.25, -0.2) is 9.97 Å². The molecule has 0 aromatic carbocycles. The first-order chi connectivity index (χ1) is 9.22. The van der Waals surface area contributed by atoms with E-state index in [1.165, 1.54) is 24.1 Å². The summed E-state index contributed by atoms with van der Waals surface area (Å²) in [7, 11) is 0. The zero-order chi connectivity index (χ0) is 13.0. The molecular weight excluding hydrogens is 258 g/mol. The fourth-order valence-corrected chi connectivity index (χ4v) is 3.75. The van der Waals surface area contributed by atoms with Crippen molar-refractivity contribution in [2.75, 3.05) is 11.5 Å². The molecule has 3 aromatic heterocycles. The Bertz CT molecular complexity index is 808. The summed E-state index contributed by atoms with van der Waals surface area (Å²) in [5.74, 6) is 0.672. The molecule has 0 fully saturated rings. The van der Waals surface area contributed by atoms with E-state index in [0.717, 1.165) is 33.3 Å². The molecule has 3 aromatic rings. The Balaban J connectivity index is 2.12. The predicted octanol–water partition coefficient (Wildman–Crippen LogP) is 2.28. The first kappa shape index (κ1) is 10.9. The minimum absolute atomic E-state index is 0.224. The van der Waals surface area contributed by atoms with E-state index in [2.05, 4.69) is 16.0 Å². The van der Waals surface area contributed by atoms with E-state index in [0.29, 0.717) is 5.82 Å². The number of anilines is 2. The molecule has 1 aliphatic carbocycles. The second-order valence-electron chi connectivity index (χ2n) is 4.90. The van der Waals surface area contributed by atoms with Crippen LogP contribution in [0.25, 0.3) is 20.4 Å². The molecule has 0 spiro atoms. The van der Waals surface area contributed by atoms with Gasteiger partial charge in [-0.15, -0.1) is 11.3 Å². The van der Waals surface area contributed by atoms with Crippen LogP contribution in [-0.2, 0) is 12.8 Å². The molecule has 0 saturated heterocycles. The van der Waals surface area contributed by atoms with Gasteiger partial charge < -0.3 is 11.5 Å². The van der Waals surface area contributed by atoms with Crippen molar-refractivity contribution in [2.24, 2.45) is 0 Å². The third-order valence-corrected chi connectivity index (χ3v) is 4.74. The summed E-state index contributed by atoms with van der Waals surface area (Å²) in [6.45, 7) is 0. The standard InChI is InChI=1S/C13H13N5S/c14-11-10-9(17-13(15)18-11)7-5-6-3-1-2-4-8(6)16-12(7)19-10/h5H,1-4H2,(H4,14,15,17,18). The normalized spacial score (nSPS) is 14.9. The summed E-state index contributed by atoms with van der Waals surface area (Å²) in [6, 6.07) is 2.21. The van der Waals surface area contributed by atoms with Gasteiger partial charge in [0.2, 0.25) is 5.95 Å². The van der Waals surface area contributed by atoms with Crippen molar-refractivity contribution in [1.82, 2.24) is 15.0 Å². The van der Waals surface area contributed by atoms with Gasteiger partial charge in [-0.2, -0.15) is 4.98 Å². The summed E-state index contributed by atoms with van der Waals surface area (Å²) in [4.78, 5) is 14.1. The van der Waals surface area contributed by atoms with Crippen LogP contribution in [0.15, 0.2) is 6.07 Å². The van der Waals surface area contributed by atoms with Gasteiger partial charge in [0.05, 0.1) is 10.2 Å². The Morgan fingerprint density at radius 3 is 2.79 bits per heavy atom. The Labute approximate surface area is 113 Å². The first-order valence-electron chi connectivity index (χ1n) is 6.36. The van der Waals surface area contributed by atoms with Gasteiger partial charge in [0.15, 0.2) is 0 Å². The lowest BCUT2D eigenvalue weighted by molar-refractivity contribution is 0.672. The van der Waals surface area contributed by atoms with E-state index < -0.39 is 0 Å². The number of nitrogens with two attached hydrogens (primary N) is 2. The van der Waals surface area contributed by atoms with Crippen LogP contribution < -0.4 is 11.5 Å². The van der Waals surface area contributed by atoms with E-state index >= 15 is 0 Å². The van der Waals surface area contributed by atoms with Crippen LogP contribution >= 0.6 is 11.3 Å². The fourth-order valence-electron chi connectivity index (χ4n) is 2.73. The molecule has 5 nitrogen and oxygen atoms in total. The number of hydrogen-bond acceptors (Lipinski definition) is 6. The van der Waals surface area contributed by atoms with Crippen LogP contribution in [-0.4, -0.2) is 15.0 Å². The third kappa shape index (κ3) is 1.56. The summed E-state index contributed by atoms with van der Waals surface area (Å²) >= 11 is 1.55. The van der Waals surface area contributed by atoms with Crippen LogP contribution in [0.2, 0.25) is 0 Å². The molecule has 0 atom stereocenters. The number of aryl methyl sites for hydroxylation is 2. The third-order valence-electron chi connectivity index (χ3n) is 3.63. The van der Waals surface area contributed by atoms with Crippen molar-refractivity contribution >= 4 is 43.5 Å². The van der Waals surface area contributed by atoms with Gasteiger partial charge in [0.1, 0.15) is 10.6 Å². The number of thiophene rings is 1. The fraction of sp³-hybridized carbons (Fsp3) is 0.308. The van der Waals surface area contributed by atoms with Gasteiger partial charge in [0, 0.05) is 11.1 Å². The monoisotopic (exact) mass is 271 g/mol. The topological polar surface area (TPSA) is 90.7 Å². The first-order valence-corrected chi connectivity index (χ1v) is 7.18. The number of hydrogen-bond donors (Lipinski definition) is 2. The minimum atomic E-state index is 0.224. The Kier molecular flexibility index (Phi) is 2.17. The van der Waals surface area contributed by atoms with Gasteiger partial charge >= 0.3 is 0 Å². The van der Waals surface area contributed by atoms with Crippen molar-refractivity contribution in [2.45, 2.75) is 25.7 Å². The van der Waals surface area contributed by atoms with Crippen molar-refractivity contribution in [3.8, 4) is 0 Å². The highest BCUT2D eigenvalue weighted by molar-refractivity contribution is 7.25. The van der Waals surface area contributed by atoms with Crippen LogP contribution in [0, 0.1) is 0 Å². The highest BCUT2D eigenvalue weighted by atomic mass is 32.1. The molecule has 96 valence electrons. The quantitative estimate of drug-likeness (QED) is 0.654. The molecule has 3 heterocycles. The molecule has 0 saturated carbocycles. The van der Waals surface area contributed by atoms with E-state index in [9.17, 15) is 0 Å². The highest BCUT2D eigenvalue weighted by Gasteiger charge is 2.17. The van der Waals surface area contributed by atoms with Crippen molar-refractivity contribution < 1.29 is 0 Å². The largest absolute Gasteiger partial charge is 0.382 e. The smallest absolute Gasteiger partial charge is 0.222 e. The molecule has 0 aliphatic heterocycles. The van der Waals surface area contributed by atoms with Crippen LogP contribution in [0.1, 0.15) is 24.1 Å².